The lowest BCUT2D eigenvalue weighted by Crippen LogP contribution is -2.10. The zero-order valence-corrected chi connectivity index (χ0v) is 5.99. The van der Waals surface area contributed by atoms with E-state index in [0.29, 0.717) is 0 Å². The molecule has 0 aromatic carbocycles. The summed E-state index contributed by atoms with van der Waals surface area (Å²) in [4.78, 5) is 0. The summed E-state index contributed by atoms with van der Waals surface area (Å²) >= 11 is 0. The number of rotatable bonds is 3. The van der Waals surface area contributed by atoms with Crippen LogP contribution in [0.5, 0.6) is 0 Å². The number of hydrogen-bond donors (Lipinski definition) is 0. The van der Waals surface area contributed by atoms with Crippen molar-refractivity contribution in [3.05, 3.63) is 37.0 Å². The highest BCUT2D eigenvalue weighted by Gasteiger charge is 2.31. The molecule has 0 saturated heterocycles. The predicted octanol–water partition coefficient (Wildman–Crippen LogP) is 3.24. The molecule has 0 aliphatic rings. The van der Waals surface area contributed by atoms with E-state index in [9.17, 15) is 13.2 Å². The lowest BCUT2D eigenvalue weighted by atomic mass is 10.1. The summed E-state index contributed by atoms with van der Waals surface area (Å²) in [5, 5.41) is 0. The molecule has 0 amide bonds. The zero-order chi connectivity index (χ0) is 8.91. The Morgan fingerprint density at radius 2 is 1.82 bits per heavy atom. The molecule has 0 aliphatic heterocycles. The van der Waals surface area contributed by atoms with Crippen molar-refractivity contribution in [2.45, 2.75) is 12.6 Å². The van der Waals surface area contributed by atoms with E-state index in [1.807, 2.05) is 0 Å². The molecular formula is C8H9F3. The highest BCUT2D eigenvalue weighted by Crippen LogP contribution is 2.27. The van der Waals surface area contributed by atoms with Crippen LogP contribution in [0.25, 0.3) is 0 Å². The summed E-state index contributed by atoms with van der Waals surface area (Å²) in [5.74, 6) is 0. The average molecular weight is 162 g/mol. The van der Waals surface area contributed by atoms with Crippen LogP contribution in [-0.2, 0) is 0 Å². The molecule has 0 heterocycles. The van der Waals surface area contributed by atoms with Crippen LogP contribution < -0.4 is 0 Å². The number of allylic oxidation sites excluding steroid dienone is 4. The molecule has 0 bridgehead atoms. The van der Waals surface area contributed by atoms with Crippen molar-refractivity contribution in [1.29, 1.82) is 0 Å². The molecule has 0 spiro atoms. The fourth-order valence-electron chi connectivity index (χ4n) is 0.576. The van der Waals surface area contributed by atoms with E-state index in [1.165, 1.54) is 6.08 Å². The van der Waals surface area contributed by atoms with E-state index in [2.05, 4.69) is 13.2 Å². The van der Waals surface area contributed by atoms with Gasteiger partial charge in [-0.2, -0.15) is 13.2 Å². The molecule has 0 unspecified atom stereocenters. The predicted molar refractivity (Wildman–Crippen MR) is 39.1 cm³/mol. The Morgan fingerprint density at radius 3 is 2.09 bits per heavy atom. The second-order valence-corrected chi connectivity index (χ2v) is 1.92. The van der Waals surface area contributed by atoms with Gasteiger partial charge >= 0.3 is 6.18 Å². The first-order chi connectivity index (χ1) is 5.02. The largest absolute Gasteiger partial charge is 0.412 e. The van der Waals surface area contributed by atoms with Crippen LogP contribution in [0.2, 0.25) is 0 Å². The van der Waals surface area contributed by atoms with Crippen LogP contribution in [0.4, 0.5) is 13.2 Å². The van der Waals surface area contributed by atoms with Gasteiger partial charge in [0.2, 0.25) is 0 Å². The topological polar surface area (TPSA) is 0 Å². The van der Waals surface area contributed by atoms with Crippen molar-refractivity contribution in [3.63, 3.8) is 0 Å². The minimum Gasteiger partial charge on any atom is -0.166 e. The minimum atomic E-state index is -4.26. The summed E-state index contributed by atoms with van der Waals surface area (Å²) in [6.45, 7) is 6.41. The molecule has 0 nitrogen and oxygen atoms in total. The second-order valence-electron chi connectivity index (χ2n) is 1.92. The highest BCUT2D eigenvalue weighted by atomic mass is 19.4. The van der Waals surface area contributed by atoms with Gasteiger partial charge in [-0.15, -0.1) is 6.58 Å². The SMILES string of the molecule is C=C/C=C(\CC=C)C(F)(F)F. The quantitative estimate of drug-likeness (QED) is 0.441. The molecule has 11 heavy (non-hydrogen) atoms. The van der Waals surface area contributed by atoms with Crippen molar-refractivity contribution >= 4 is 0 Å². The summed E-state index contributed by atoms with van der Waals surface area (Å²) < 4.78 is 35.8. The third-order valence-electron chi connectivity index (χ3n) is 1.05. The Bertz CT molecular complexity index is 174. The molecule has 0 saturated carbocycles. The molecular weight excluding hydrogens is 153 g/mol. The third kappa shape index (κ3) is 3.65. The first-order valence-electron chi connectivity index (χ1n) is 3.02. The van der Waals surface area contributed by atoms with Crippen LogP contribution in [-0.4, -0.2) is 6.18 Å². The average Bonchev–Trinajstić information content (AvgIpc) is 1.85. The van der Waals surface area contributed by atoms with E-state index >= 15 is 0 Å². The van der Waals surface area contributed by atoms with Gasteiger partial charge in [-0.05, 0) is 6.42 Å². The first kappa shape index (κ1) is 10.0. The summed E-state index contributed by atoms with van der Waals surface area (Å²) in [6.07, 6.45) is -1.16. The van der Waals surface area contributed by atoms with Gasteiger partial charge in [0, 0.05) is 5.57 Å². The molecule has 0 atom stereocenters. The molecule has 0 aromatic rings. The molecule has 3 heteroatoms. The van der Waals surface area contributed by atoms with Gasteiger partial charge in [-0.1, -0.05) is 24.8 Å². The summed E-state index contributed by atoms with van der Waals surface area (Å²) in [7, 11) is 0. The van der Waals surface area contributed by atoms with Crippen LogP contribution in [0.3, 0.4) is 0 Å². The van der Waals surface area contributed by atoms with Gasteiger partial charge < -0.3 is 0 Å². The number of hydrogen-bond acceptors (Lipinski definition) is 0. The standard InChI is InChI=1S/C8H9F3/c1-3-5-7(6-4-2)8(9,10)11/h3-5H,1-2,6H2/b7-5+. The van der Waals surface area contributed by atoms with Crippen molar-refractivity contribution in [3.8, 4) is 0 Å². The van der Waals surface area contributed by atoms with Crippen molar-refractivity contribution < 1.29 is 13.2 Å². The zero-order valence-electron chi connectivity index (χ0n) is 5.99. The summed E-state index contributed by atoms with van der Waals surface area (Å²) in [6, 6.07) is 0. The fourth-order valence-corrected chi connectivity index (χ4v) is 0.576. The molecule has 0 N–H and O–H groups in total. The van der Waals surface area contributed by atoms with Crippen LogP contribution >= 0.6 is 0 Å². The van der Waals surface area contributed by atoms with Gasteiger partial charge in [-0.25, -0.2) is 0 Å². The number of alkyl halides is 3. The lowest BCUT2D eigenvalue weighted by Gasteiger charge is -2.07. The summed E-state index contributed by atoms with van der Waals surface area (Å²) in [5.41, 5.74) is -0.623. The molecule has 62 valence electrons. The van der Waals surface area contributed by atoms with Crippen molar-refractivity contribution in [2.24, 2.45) is 0 Å². The van der Waals surface area contributed by atoms with Crippen LogP contribution in [0.1, 0.15) is 6.42 Å². The van der Waals surface area contributed by atoms with Crippen molar-refractivity contribution in [1.82, 2.24) is 0 Å². The van der Waals surface area contributed by atoms with Gasteiger partial charge in [0.25, 0.3) is 0 Å². The maximum Gasteiger partial charge on any atom is 0.412 e. The Kier molecular flexibility index (Phi) is 3.65. The maximum atomic E-state index is 11.9. The van der Waals surface area contributed by atoms with Crippen molar-refractivity contribution in [2.75, 3.05) is 0 Å². The van der Waals surface area contributed by atoms with E-state index in [1.54, 1.807) is 0 Å². The molecule has 0 aromatic heterocycles. The van der Waals surface area contributed by atoms with Gasteiger partial charge in [-0.3, -0.25) is 0 Å². The molecule has 0 rings (SSSR count). The second kappa shape index (κ2) is 4.01. The van der Waals surface area contributed by atoms with Gasteiger partial charge in [0.05, 0.1) is 0 Å². The number of halogens is 3. The van der Waals surface area contributed by atoms with Gasteiger partial charge in [0.15, 0.2) is 0 Å². The Hall–Kier alpha value is -0.990. The lowest BCUT2D eigenvalue weighted by molar-refractivity contribution is -0.0928. The van der Waals surface area contributed by atoms with E-state index < -0.39 is 11.7 Å². The maximum absolute atomic E-state index is 11.9. The van der Waals surface area contributed by atoms with E-state index in [4.69, 9.17) is 0 Å². The minimum absolute atomic E-state index is 0.171. The Labute approximate surface area is 63.7 Å². The molecule has 0 fully saturated rings. The van der Waals surface area contributed by atoms with E-state index in [-0.39, 0.29) is 6.42 Å². The van der Waals surface area contributed by atoms with Gasteiger partial charge in [0.1, 0.15) is 0 Å². The van der Waals surface area contributed by atoms with E-state index in [0.717, 1.165) is 12.2 Å². The highest BCUT2D eigenvalue weighted by molar-refractivity contribution is 5.17. The first-order valence-corrected chi connectivity index (χ1v) is 3.02. The fraction of sp³-hybridized carbons (Fsp3) is 0.250. The monoisotopic (exact) mass is 162 g/mol. The normalized spacial score (nSPS) is 12.8. The third-order valence-corrected chi connectivity index (χ3v) is 1.05. The molecule has 0 radical (unpaired) electrons. The van der Waals surface area contributed by atoms with Crippen LogP contribution in [0.15, 0.2) is 37.0 Å². The van der Waals surface area contributed by atoms with Crippen LogP contribution in [0, 0.1) is 0 Å². The smallest absolute Gasteiger partial charge is 0.166 e. The Balaban J connectivity index is 4.46. The Morgan fingerprint density at radius 1 is 1.27 bits per heavy atom. The molecule has 0 aliphatic carbocycles.